The predicted octanol–water partition coefficient (Wildman–Crippen LogP) is 5.35. The highest BCUT2D eigenvalue weighted by molar-refractivity contribution is 6.32. The number of amides is 1. The molecule has 0 bridgehead atoms. The molecule has 0 fully saturated rings. The lowest BCUT2D eigenvalue weighted by Gasteiger charge is -2.15. The van der Waals surface area contributed by atoms with Crippen molar-refractivity contribution in [3.63, 3.8) is 0 Å². The van der Waals surface area contributed by atoms with Crippen LogP contribution in [-0.2, 0) is 4.79 Å². The van der Waals surface area contributed by atoms with Crippen molar-refractivity contribution in [2.45, 2.75) is 20.8 Å². The van der Waals surface area contributed by atoms with E-state index in [1.807, 2.05) is 44.2 Å². The molecule has 0 unspecified atom stereocenters. The number of anilines is 1. The first-order valence-corrected chi connectivity index (χ1v) is 10.9. The van der Waals surface area contributed by atoms with E-state index in [-0.39, 0.29) is 23.0 Å². The summed E-state index contributed by atoms with van der Waals surface area (Å²) in [7, 11) is 0. The maximum absolute atomic E-state index is 12.4. The summed E-state index contributed by atoms with van der Waals surface area (Å²) in [4.78, 5) is 12.4. The Balaban J connectivity index is 1.71. The Morgan fingerprint density at radius 2 is 1.88 bits per heavy atom. The minimum Gasteiger partial charge on any atom is -0.490 e. The van der Waals surface area contributed by atoms with Crippen molar-refractivity contribution in [3.8, 4) is 23.3 Å². The molecular formula is C25H24ClN3O5. The van der Waals surface area contributed by atoms with E-state index in [1.54, 1.807) is 25.1 Å². The molecular weight excluding hydrogens is 458 g/mol. The number of aromatic nitrogens is 1. The zero-order chi connectivity index (χ0) is 24.5. The third-order valence-corrected chi connectivity index (χ3v) is 4.78. The van der Waals surface area contributed by atoms with Crippen molar-refractivity contribution in [2.24, 2.45) is 0 Å². The van der Waals surface area contributed by atoms with Gasteiger partial charge in [-0.2, -0.15) is 5.26 Å². The molecule has 0 aliphatic heterocycles. The summed E-state index contributed by atoms with van der Waals surface area (Å²) in [6.07, 6.45) is 1.40. The second kappa shape index (κ2) is 11.8. The van der Waals surface area contributed by atoms with E-state index < -0.39 is 5.91 Å². The van der Waals surface area contributed by atoms with Crippen LogP contribution in [-0.4, -0.2) is 30.9 Å². The van der Waals surface area contributed by atoms with Gasteiger partial charge >= 0.3 is 0 Å². The molecule has 0 saturated carbocycles. The average molecular weight is 482 g/mol. The number of nitrogens with zero attached hydrogens (tertiary/aromatic N) is 2. The van der Waals surface area contributed by atoms with Crippen LogP contribution < -0.4 is 19.5 Å². The lowest BCUT2D eigenvalue weighted by atomic mass is 10.1. The Morgan fingerprint density at radius 1 is 1.15 bits per heavy atom. The molecule has 1 aromatic heterocycles. The van der Waals surface area contributed by atoms with Gasteiger partial charge in [0.25, 0.3) is 5.91 Å². The van der Waals surface area contributed by atoms with E-state index in [2.05, 4.69) is 10.5 Å². The quantitative estimate of drug-likeness (QED) is 0.236. The third-order valence-electron chi connectivity index (χ3n) is 4.50. The number of aryl methyl sites for hydroxylation is 2. The third kappa shape index (κ3) is 6.77. The van der Waals surface area contributed by atoms with Crippen LogP contribution in [0.1, 0.15) is 23.8 Å². The molecule has 9 heteroatoms. The van der Waals surface area contributed by atoms with E-state index in [0.717, 1.165) is 11.3 Å². The number of halogens is 1. The maximum atomic E-state index is 12.4. The molecule has 3 aromatic rings. The maximum Gasteiger partial charge on any atom is 0.267 e. The molecule has 0 radical (unpaired) electrons. The van der Waals surface area contributed by atoms with Crippen molar-refractivity contribution in [2.75, 3.05) is 25.1 Å². The van der Waals surface area contributed by atoms with E-state index >= 15 is 0 Å². The Morgan fingerprint density at radius 3 is 2.53 bits per heavy atom. The zero-order valence-corrected chi connectivity index (χ0v) is 19.8. The molecule has 0 atom stereocenters. The van der Waals surface area contributed by atoms with Crippen LogP contribution in [0.5, 0.6) is 17.2 Å². The summed E-state index contributed by atoms with van der Waals surface area (Å²) in [6.45, 7) is 6.45. The SMILES string of the molecule is CCOc1cc(/C=C(/C#N)C(=O)Nc2cc(C)on2)cc(Cl)c1OCCOc1ccc(C)cc1. The fraction of sp³-hybridized carbons (Fsp3) is 0.240. The van der Waals surface area contributed by atoms with E-state index in [0.29, 0.717) is 36.0 Å². The van der Waals surface area contributed by atoms with Crippen LogP contribution >= 0.6 is 11.6 Å². The minimum absolute atomic E-state index is 0.140. The second-order valence-electron chi connectivity index (χ2n) is 7.22. The lowest BCUT2D eigenvalue weighted by molar-refractivity contribution is -0.112. The van der Waals surface area contributed by atoms with Crippen LogP contribution in [0.15, 0.2) is 52.6 Å². The molecule has 8 nitrogen and oxygen atoms in total. The molecule has 34 heavy (non-hydrogen) atoms. The number of rotatable bonds is 10. The number of nitrogens with one attached hydrogen (secondary N) is 1. The largest absolute Gasteiger partial charge is 0.490 e. The first-order valence-electron chi connectivity index (χ1n) is 10.5. The molecule has 0 aliphatic rings. The molecule has 1 amide bonds. The van der Waals surface area contributed by atoms with Gasteiger partial charge in [-0.05, 0) is 56.7 Å². The zero-order valence-electron chi connectivity index (χ0n) is 19.1. The predicted molar refractivity (Wildman–Crippen MR) is 128 cm³/mol. The smallest absolute Gasteiger partial charge is 0.267 e. The summed E-state index contributed by atoms with van der Waals surface area (Å²) < 4.78 is 22.1. The summed E-state index contributed by atoms with van der Waals surface area (Å²) in [5.74, 6) is 1.61. The first kappa shape index (κ1) is 24.7. The van der Waals surface area contributed by atoms with Gasteiger partial charge in [-0.15, -0.1) is 0 Å². The fourth-order valence-corrected chi connectivity index (χ4v) is 3.21. The van der Waals surface area contributed by atoms with Gasteiger partial charge in [-0.25, -0.2) is 0 Å². The van der Waals surface area contributed by atoms with Gasteiger partial charge in [0, 0.05) is 6.07 Å². The van der Waals surface area contributed by atoms with Crippen LogP contribution in [0, 0.1) is 25.2 Å². The molecule has 1 heterocycles. The van der Waals surface area contributed by atoms with Crippen molar-refractivity contribution in [3.05, 3.63) is 69.9 Å². The average Bonchev–Trinajstić information content (AvgIpc) is 3.22. The van der Waals surface area contributed by atoms with Gasteiger partial charge in [0.15, 0.2) is 17.3 Å². The number of hydrogen-bond donors (Lipinski definition) is 1. The highest BCUT2D eigenvalue weighted by atomic mass is 35.5. The summed E-state index contributed by atoms with van der Waals surface area (Å²) in [5.41, 5.74) is 1.51. The van der Waals surface area contributed by atoms with Crippen LogP contribution in [0.3, 0.4) is 0 Å². The number of carbonyl (C=O) groups excluding carboxylic acids is 1. The van der Waals surface area contributed by atoms with Gasteiger partial charge in [0.05, 0.1) is 11.6 Å². The highest BCUT2D eigenvalue weighted by Crippen LogP contribution is 2.37. The summed E-state index contributed by atoms with van der Waals surface area (Å²) in [5, 5.41) is 15.9. The van der Waals surface area contributed by atoms with Crippen LogP contribution in [0.2, 0.25) is 5.02 Å². The van der Waals surface area contributed by atoms with Crippen molar-refractivity contribution < 1.29 is 23.5 Å². The molecule has 0 spiro atoms. The van der Waals surface area contributed by atoms with E-state index in [1.165, 1.54) is 6.08 Å². The molecule has 1 N–H and O–H groups in total. The van der Waals surface area contributed by atoms with Gasteiger partial charge in [0.2, 0.25) is 0 Å². The summed E-state index contributed by atoms with van der Waals surface area (Å²) >= 11 is 6.44. The summed E-state index contributed by atoms with van der Waals surface area (Å²) in [6, 6.07) is 14.4. The monoisotopic (exact) mass is 481 g/mol. The first-order chi connectivity index (χ1) is 16.4. The van der Waals surface area contributed by atoms with Crippen LogP contribution in [0.25, 0.3) is 6.08 Å². The molecule has 0 saturated heterocycles. The van der Waals surface area contributed by atoms with Crippen molar-refractivity contribution >= 4 is 29.4 Å². The van der Waals surface area contributed by atoms with E-state index in [9.17, 15) is 10.1 Å². The Bertz CT molecular complexity index is 1210. The van der Waals surface area contributed by atoms with Gasteiger partial charge < -0.3 is 24.1 Å². The Labute approximate surface area is 202 Å². The topological polar surface area (TPSA) is 107 Å². The van der Waals surface area contributed by atoms with Gasteiger partial charge in [-0.3, -0.25) is 4.79 Å². The highest BCUT2D eigenvalue weighted by Gasteiger charge is 2.15. The number of nitriles is 1. The number of benzene rings is 2. The number of carbonyl (C=O) groups is 1. The lowest BCUT2D eigenvalue weighted by Crippen LogP contribution is -2.13. The van der Waals surface area contributed by atoms with E-state index in [4.69, 9.17) is 30.3 Å². The molecule has 3 rings (SSSR count). The number of hydrogen-bond acceptors (Lipinski definition) is 7. The molecule has 0 aliphatic carbocycles. The Hall–Kier alpha value is -3.96. The van der Waals surface area contributed by atoms with Gasteiger partial charge in [0.1, 0.15) is 36.4 Å². The molecule has 2 aromatic carbocycles. The van der Waals surface area contributed by atoms with Gasteiger partial charge in [-0.1, -0.05) is 34.5 Å². The van der Waals surface area contributed by atoms with Crippen molar-refractivity contribution in [1.82, 2.24) is 5.16 Å². The fourth-order valence-electron chi connectivity index (χ4n) is 2.94. The van der Waals surface area contributed by atoms with Crippen molar-refractivity contribution in [1.29, 1.82) is 5.26 Å². The normalized spacial score (nSPS) is 11.0. The second-order valence-corrected chi connectivity index (χ2v) is 7.63. The minimum atomic E-state index is -0.626. The number of ether oxygens (including phenoxy) is 3. The van der Waals surface area contributed by atoms with Crippen LogP contribution in [0.4, 0.5) is 5.82 Å². The Kier molecular flexibility index (Phi) is 8.54. The molecule has 176 valence electrons. The standard InChI is InChI=1S/C25H24ClN3O5/c1-4-31-22-14-18(12-19(15-27)25(30)28-23-11-17(3)34-29-23)13-21(26)24(22)33-10-9-32-20-7-5-16(2)6-8-20/h5-8,11-14H,4,9-10H2,1-3H3,(H,28,29,30)/b19-12-.